The first-order valence-corrected chi connectivity index (χ1v) is 11.3. The number of ether oxygens (including phenoxy) is 2. The Morgan fingerprint density at radius 2 is 1.91 bits per heavy atom. The summed E-state index contributed by atoms with van der Waals surface area (Å²) in [4.78, 5) is 20.3. The lowest BCUT2D eigenvalue weighted by Crippen LogP contribution is -2.36. The number of non-ortho nitro benzene ring substituents is 1. The van der Waals surface area contributed by atoms with E-state index in [1.165, 1.54) is 18.9 Å². The van der Waals surface area contributed by atoms with Crippen LogP contribution < -0.4 is 14.4 Å². The lowest BCUT2D eigenvalue weighted by Gasteiger charge is -2.27. The number of nitro groups is 1. The SMILES string of the molecule is COc1ccc(CN(CN2CCCC2)c2nc(-c3cccc([N+](=O)[O-])c3)cs2)cc1OC. The first kappa shape index (κ1) is 22.0. The molecule has 0 bridgehead atoms. The van der Waals surface area contributed by atoms with E-state index in [0.717, 1.165) is 41.7 Å². The van der Waals surface area contributed by atoms with Crippen LogP contribution in [0.15, 0.2) is 47.8 Å². The summed E-state index contributed by atoms with van der Waals surface area (Å²) in [5.74, 6) is 1.40. The van der Waals surface area contributed by atoms with E-state index in [2.05, 4.69) is 9.80 Å². The van der Waals surface area contributed by atoms with Crippen molar-refractivity contribution in [1.82, 2.24) is 9.88 Å². The standard InChI is InChI=1S/C23H26N4O4S/c1-30-21-9-8-17(12-22(21)31-2)14-26(16-25-10-3-4-11-25)23-24-20(15-32-23)18-6-5-7-19(13-18)27(28)29/h5-9,12-13,15H,3-4,10-11,14,16H2,1-2H3. The van der Waals surface area contributed by atoms with Crippen LogP contribution in [0.4, 0.5) is 10.8 Å². The summed E-state index contributed by atoms with van der Waals surface area (Å²) >= 11 is 1.55. The topological polar surface area (TPSA) is 81.0 Å². The van der Waals surface area contributed by atoms with Crippen molar-refractivity contribution in [3.63, 3.8) is 0 Å². The van der Waals surface area contributed by atoms with Gasteiger partial charge in [0.15, 0.2) is 16.6 Å². The molecule has 4 rings (SSSR count). The molecule has 8 nitrogen and oxygen atoms in total. The predicted molar refractivity (Wildman–Crippen MR) is 126 cm³/mol. The number of thiazole rings is 1. The molecular weight excluding hydrogens is 428 g/mol. The molecule has 9 heteroatoms. The summed E-state index contributed by atoms with van der Waals surface area (Å²) in [6.07, 6.45) is 2.42. The summed E-state index contributed by atoms with van der Waals surface area (Å²) < 4.78 is 10.8. The maximum absolute atomic E-state index is 11.1. The number of anilines is 1. The van der Waals surface area contributed by atoms with Crippen LogP contribution in [0.5, 0.6) is 11.5 Å². The quantitative estimate of drug-likeness (QED) is 0.339. The van der Waals surface area contributed by atoms with Crippen LogP contribution in [0.25, 0.3) is 11.3 Å². The maximum Gasteiger partial charge on any atom is 0.270 e. The Morgan fingerprint density at radius 1 is 1.12 bits per heavy atom. The van der Waals surface area contributed by atoms with Gasteiger partial charge < -0.3 is 14.4 Å². The molecule has 0 saturated carbocycles. The highest BCUT2D eigenvalue weighted by atomic mass is 32.1. The van der Waals surface area contributed by atoms with Gasteiger partial charge in [-0.2, -0.15) is 0 Å². The second-order valence-electron chi connectivity index (χ2n) is 7.68. The molecule has 32 heavy (non-hydrogen) atoms. The van der Waals surface area contributed by atoms with Gasteiger partial charge in [0.2, 0.25) is 0 Å². The zero-order chi connectivity index (χ0) is 22.5. The van der Waals surface area contributed by atoms with Crippen molar-refractivity contribution >= 4 is 22.2 Å². The number of hydrogen-bond acceptors (Lipinski definition) is 8. The number of rotatable bonds is 9. The molecule has 0 radical (unpaired) electrons. The third-order valence-electron chi connectivity index (χ3n) is 5.51. The lowest BCUT2D eigenvalue weighted by molar-refractivity contribution is -0.384. The Hall–Kier alpha value is -3.17. The summed E-state index contributed by atoms with van der Waals surface area (Å²) in [6.45, 7) is 3.59. The maximum atomic E-state index is 11.1. The van der Waals surface area contributed by atoms with Crippen molar-refractivity contribution in [2.24, 2.45) is 0 Å². The summed E-state index contributed by atoms with van der Waals surface area (Å²) in [6, 6.07) is 12.5. The van der Waals surface area contributed by atoms with Crippen LogP contribution in [0.2, 0.25) is 0 Å². The number of nitrogens with zero attached hydrogens (tertiary/aromatic N) is 4. The van der Waals surface area contributed by atoms with Crippen molar-refractivity contribution in [1.29, 1.82) is 0 Å². The molecule has 2 heterocycles. The highest BCUT2D eigenvalue weighted by Gasteiger charge is 2.20. The van der Waals surface area contributed by atoms with E-state index in [1.54, 1.807) is 37.7 Å². The number of benzene rings is 2. The predicted octanol–water partition coefficient (Wildman–Crippen LogP) is 4.80. The minimum atomic E-state index is -0.381. The molecule has 1 fully saturated rings. The Kier molecular flexibility index (Phi) is 6.87. The van der Waals surface area contributed by atoms with Crippen LogP contribution in [-0.2, 0) is 6.54 Å². The fourth-order valence-corrected chi connectivity index (χ4v) is 4.69. The molecule has 0 aliphatic carbocycles. The number of hydrogen-bond donors (Lipinski definition) is 0. The van der Waals surface area contributed by atoms with Crippen LogP contribution in [0.1, 0.15) is 18.4 Å². The molecule has 0 atom stereocenters. The Labute approximate surface area is 191 Å². The molecule has 3 aromatic rings. The number of aromatic nitrogens is 1. The first-order valence-electron chi connectivity index (χ1n) is 10.5. The van der Waals surface area contributed by atoms with Crippen molar-refractivity contribution in [3.8, 4) is 22.8 Å². The fraction of sp³-hybridized carbons (Fsp3) is 0.348. The molecule has 168 valence electrons. The molecule has 0 spiro atoms. The van der Waals surface area contributed by atoms with Gasteiger partial charge in [0.05, 0.1) is 31.5 Å². The largest absolute Gasteiger partial charge is 0.493 e. The van der Waals surface area contributed by atoms with Crippen molar-refractivity contribution in [2.45, 2.75) is 19.4 Å². The molecule has 0 N–H and O–H groups in total. The van der Waals surface area contributed by atoms with Crippen molar-refractivity contribution in [3.05, 3.63) is 63.5 Å². The highest BCUT2D eigenvalue weighted by molar-refractivity contribution is 7.14. The number of methoxy groups -OCH3 is 2. The average molecular weight is 455 g/mol. The normalized spacial score (nSPS) is 13.8. The van der Waals surface area contributed by atoms with Crippen LogP contribution >= 0.6 is 11.3 Å². The third-order valence-corrected chi connectivity index (χ3v) is 6.41. The molecule has 1 aliphatic heterocycles. The van der Waals surface area contributed by atoms with Gasteiger partial charge in [0, 0.05) is 29.6 Å². The van der Waals surface area contributed by atoms with Gasteiger partial charge in [0.25, 0.3) is 5.69 Å². The minimum Gasteiger partial charge on any atom is -0.493 e. The molecule has 1 saturated heterocycles. The van der Waals surface area contributed by atoms with Crippen LogP contribution in [0.3, 0.4) is 0 Å². The molecule has 0 amide bonds. The molecular formula is C23H26N4O4S. The fourth-order valence-electron chi connectivity index (χ4n) is 3.86. The van der Waals surface area contributed by atoms with E-state index in [4.69, 9.17) is 14.5 Å². The van der Waals surface area contributed by atoms with Crippen LogP contribution in [0, 0.1) is 10.1 Å². The van der Waals surface area contributed by atoms with Gasteiger partial charge in [-0.15, -0.1) is 11.3 Å². The Balaban J connectivity index is 1.61. The van der Waals surface area contributed by atoms with E-state index in [-0.39, 0.29) is 10.6 Å². The Bertz CT molecular complexity index is 1080. The van der Waals surface area contributed by atoms with Gasteiger partial charge in [0.1, 0.15) is 0 Å². The van der Waals surface area contributed by atoms with Gasteiger partial charge in [-0.3, -0.25) is 15.0 Å². The van der Waals surface area contributed by atoms with E-state index >= 15 is 0 Å². The number of likely N-dealkylation sites (tertiary alicyclic amines) is 1. The number of nitro benzene ring substituents is 1. The summed E-state index contributed by atoms with van der Waals surface area (Å²) in [7, 11) is 3.26. The third kappa shape index (κ3) is 5.00. The van der Waals surface area contributed by atoms with Gasteiger partial charge in [-0.1, -0.05) is 18.2 Å². The second kappa shape index (κ2) is 9.97. The highest BCUT2D eigenvalue weighted by Crippen LogP contribution is 2.32. The summed E-state index contributed by atoms with van der Waals surface area (Å²) in [5, 5.41) is 14.0. The van der Waals surface area contributed by atoms with E-state index in [1.807, 2.05) is 29.6 Å². The Morgan fingerprint density at radius 3 is 2.62 bits per heavy atom. The molecule has 2 aromatic carbocycles. The van der Waals surface area contributed by atoms with Crippen molar-refractivity contribution < 1.29 is 14.4 Å². The summed E-state index contributed by atoms with van der Waals surface area (Å²) in [5.41, 5.74) is 2.65. The molecule has 0 unspecified atom stereocenters. The first-order chi connectivity index (χ1) is 15.6. The van der Waals surface area contributed by atoms with E-state index < -0.39 is 0 Å². The van der Waals surface area contributed by atoms with Gasteiger partial charge in [-0.05, 0) is 43.6 Å². The van der Waals surface area contributed by atoms with E-state index in [9.17, 15) is 10.1 Å². The zero-order valence-corrected chi connectivity index (χ0v) is 19.0. The van der Waals surface area contributed by atoms with Gasteiger partial charge in [-0.25, -0.2) is 4.98 Å². The molecule has 1 aliphatic rings. The smallest absolute Gasteiger partial charge is 0.270 e. The van der Waals surface area contributed by atoms with E-state index in [0.29, 0.717) is 18.0 Å². The lowest BCUT2D eigenvalue weighted by atomic mass is 10.1. The average Bonchev–Trinajstić information content (AvgIpc) is 3.51. The van der Waals surface area contributed by atoms with Crippen LogP contribution in [-0.4, -0.2) is 48.8 Å². The molecule has 1 aromatic heterocycles. The zero-order valence-electron chi connectivity index (χ0n) is 18.2. The second-order valence-corrected chi connectivity index (χ2v) is 8.51. The minimum absolute atomic E-state index is 0.0660. The van der Waals surface area contributed by atoms with Gasteiger partial charge >= 0.3 is 0 Å². The van der Waals surface area contributed by atoms with Crippen molar-refractivity contribution in [2.75, 3.05) is 38.9 Å². The monoisotopic (exact) mass is 454 g/mol.